The van der Waals surface area contributed by atoms with Gasteiger partial charge in [-0.1, -0.05) is 31.6 Å². The first-order chi connectivity index (χ1) is 18.1. The molecular weight excluding hydrogens is 478 g/mol. The molecule has 1 saturated heterocycles. The number of anilines is 2. The highest BCUT2D eigenvalue weighted by atomic mass is 16.2. The van der Waals surface area contributed by atoms with Gasteiger partial charge in [0.2, 0.25) is 5.91 Å². The van der Waals surface area contributed by atoms with E-state index >= 15 is 0 Å². The Balaban J connectivity index is 1.77. The summed E-state index contributed by atoms with van der Waals surface area (Å²) >= 11 is 0. The second-order valence-corrected chi connectivity index (χ2v) is 9.78. The van der Waals surface area contributed by atoms with Crippen LogP contribution in [0.5, 0.6) is 0 Å². The first kappa shape index (κ1) is 28.8. The first-order valence-corrected chi connectivity index (χ1v) is 13.3. The number of aryl methyl sites for hydroxylation is 3. The van der Waals surface area contributed by atoms with Gasteiger partial charge in [-0.15, -0.1) is 0 Å². The smallest absolute Gasteiger partial charge is 0.271 e. The molecule has 0 saturated carbocycles. The second kappa shape index (κ2) is 13.2. The molecule has 9 nitrogen and oxygen atoms in total. The summed E-state index contributed by atoms with van der Waals surface area (Å²) < 4.78 is 1.87. The molecule has 0 atom stereocenters. The van der Waals surface area contributed by atoms with E-state index in [9.17, 15) is 9.59 Å². The van der Waals surface area contributed by atoms with Gasteiger partial charge < -0.3 is 16.4 Å². The third-order valence-corrected chi connectivity index (χ3v) is 6.87. The number of pyridine rings is 1. The average Bonchev–Trinajstić information content (AvgIpc) is 3.47. The quantitative estimate of drug-likeness (QED) is 0.317. The predicted molar refractivity (Wildman–Crippen MR) is 154 cm³/mol. The molecular formula is C29H41N7O2. The molecule has 1 aliphatic heterocycles. The van der Waals surface area contributed by atoms with Crippen molar-refractivity contribution in [1.29, 1.82) is 0 Å². The fourth-order valence-electron chi connectivity index (χ4n) is 4.69. The van der Waals surface area contributed by atoms with Crippen LogP contribution in [0.4, 0.5) is 11.4 Å². The van der Waals surface area contributed by atoms with Gasteiger partial charge in [0.25, 0.3) is 5.91 Å². The van der Waals surface area contributed by atoms with Crippen LogP contribution in [0.1, 0.15) is 62.2 Å². The Morgan fingerprint density at radius 2 is 1.82 bits per heavy atom. The number of hydrogen-bond donors (Lipinski definition) is 3. The predicted octanol–water partition coefficient (Wildman–Crippen LogP) is 4.39. The fourth-order valence-corrected chi connectivity index (χ4v) is 4.69. The Morgan fingerprint density at radius 1 is 1.11 bits per heavy atom. The lowest BCUT2D eigenvalue weighted by molar-refractivity contribution is -0.117. The van der Waals surface area contributed by atoms with Crippen molar-refractivity contribution in [3.63, 3.8) is 0 Å². The van der Waals surface area contributed by atoms with E-state index < -0.39 is 5.91 Å². The van der Waals surface area contributed by atoms with E-state index in [1.165, 1.54) is 0 Å². The largest absolute Gasteiger partial charge is 0.394 e. The van der Waals surface area contributed by atoms with E-state index in [1.54, 1.807) is 19.2 Å². The molecule has 0 aromatic carbocycles. The van der Waals surface area contributed by atoms with Gasteiger partial charge in [-0.3, -0.25) is 24.2 Å². The lowest BCUT2D eigenvalue weighted by atomic mass is 10.0. The molecule has 0 radical (unpaired) electrons. The SMILES string of the molecule is C\C=C(/C=C\C(CCC)=C(\N)C(=O)Nc1cc(NC(=O)CN2CCCC2)cnc1C)c1c(C)nn(C)c1C. The van der Waals surface area contributed by atoms with Crippen LogP contribution >= 0.6 is 0 Å². The van der Waals surface area contributed by atoms with Crippen LogP contribution < -0.4 is 16.4 Å². The van der Waals surface area contributed by atoms with Gasteiger partial charge in [-0.2, -0.15) is 5.10 Å². The lowest BCUT2D eigenvalue weighted by Gasteiger charge is -2.15. The Bertz CT molecular complexity index is 1260. The van der Waals surface area contributed by atoms with Crippen molar-refractivity contribution in [3.05, 3.63) is 64.4 Å². The van der Waals surface area contributed by atoms with Crippen molar-refractivity contribution < 1.29 is 9.59 Å². The standard InChI is InChI=1S/C29H41N7O2/c1-7-11-23(13-12-22(8-2)27-20(4)34-35(6)21(27)5)28(30)29(38)33-25-16-24(17-31-19(25)3)32-26(37)18-36-14-9-10-15-36/h8,12-13,16-17H,7,9-11,14-15,18,30H2,1-6H3,(H,32,37)(H,33,38)/b13-12-,22-8+,28-23+. The number of aromatic nitrogens is 3. The van der Waals surface area contributed by atoms with Crippen molar-refractivity contribution in [1.82, 2.24) is 19.7 Å². The van der Waals surface area contributed by atoms with Crippen LogP contribution in [0.25, 0.3) is 5.57 Å². The van der Waals surface area contributed by atoms with Crippen molar-refractivity contribution >= 4 is 28.8 Å². The molecule has 0 unspecified atom stereocenters. The summed E-state index contributed by atoms with van der Waals surface area (Å²) in [6, 6.07) is 1.72. The Labute approximate surface area is 225 Å². The molecule has 204 valence electrons. The van der Waals surface area contributed by atoms with E-state index in [0.29, 0.717) is 30.0 Å². The number of carbonyl (C=O) groups excluding carboxylic acids is 2. The maximum Gasteiger partial charge on any atom is 0.271 e. The Hall–Kier alpha value is -3.72. The first-order valence-electron chi connectivity index (χ1n) is 13.3. The molecule has 3 rings (SSSR count). The molecule has 0 spiro atoms. The summed E-state index contributed by atoms with van der Waals surface area (Å²) in [5, 5.41) is 10.3. The fraction of sp³-hybridized carbons (Fsp3) is 0.448. The second-order valence-electron chi connectivity index (χ2n) is 9.78. The number of nitrogens with two attached hydrogens (primary N) is 1. The summed E-state index contributed by atoms with van der Waals surface area (Å²) in [4.78, 5) is 32.1. The zero-order chi connectivity index (χ0) is 27.8. The van der Waals surface area contributed by atoms with E-state index in [0.717, 1.165) is 60.4 Å². The van der Waals surface area contributed by atoms with E-state index in [4.69, 9.17) is 5.73 Å². The minimum atomic E-state index is -0.403. The highest BCUT2D eigenvalue weighted by Gasteiger charge is 2.17. The van der Waals surface area contributed by atoms with Gasteiger partial charge in [0.05, 0.1) is 35.5 Å². The molecule has 2 amide bonds. The molecule has 38 heavy (non-hydrogen) atoms. The number of likely N-dealkylation sites (tertiary alicyclic amines) is 1. The van der Waals surface area contributed by atoms with Crippen LogP contribution in [0, 0.1) is 20.8 Å². The van der Waals surface area contributed by atoms with Crippen molar-refractivity contribution in [2.75, 3.05) is 30.3 Å². The van der Waals surface area contributed by atoms with Gasteiger partial charge >= 0.3 is 0 Å². The van der Waals surface area contributed by atoms with Gasteiger partial charge in [0.15, 0.2) is 0 Å². The maximum absolute atomic E-state index is 13.2. The number of rotatable bonds is 10. The van der Waals surface area contributed by atoms with Crippen LogP contribution in [0.2, 0.25) is 0 Å². The maximum atomic E-state index is 13.2. The van der Waals surface area contributed by atoms with E-state index in [-0.39, 0.29) is 11.6 Å². The molecule has 2 aromatic heterocycles. The van der Waals surface area contributed by atoms with Gasteiger partial charge in [-0.25, -0.2) is 0 Å². The minimum absolute atomic E-state index is 0.0940. The number of carbonyl (C=O) groups is 2. The third kappa shape index (κ3) is 7.19. The molecule has 2 aromatic rings. The number of nitrogens with one attached hydrogen (secondary N) is 2. The van der Waals surface area contributed by atoms with Gasteiger partial charge in [0, 0.05) is 18.3 Å². The molecule has 0 aliphatic carbocycles. The number of amides is 2. The topological polar surface area (TPSA) is 118 Å². The third-order valence-electron chi connectivity index (χ3n) is 6.87. The van der Waals surface area contributed by atoms with Crippen LogP contribution in [0.15, 0.2) is 41.8 Å². The lowest BCUT2D eigenvalue weighted by Crippen LogP contribution is -2.31. The van der Waals surface area contributed by atoms with Crippen LogP contribution in [-0.4, -0.2) is 51.1 Å². The number of nitrogens with zero attached hydrogens (tertiary/aromatic N) is 4. The zero-order valence-corrected chi connectivity index (χ0v) is 23.5. The Morgan fingerprint density at radius 3 is 2.42 bits per heavy atom. The molecule has 9 heteroatoms. The van der Waals surface area contributed by atoms with Crippen LogP contribution in [-0.2, 0) is 16.6 Å². The summed E-state index contributed by atoms with van der Waals surface area (Å²) in [5.74, 6) is -0.497. The monoisotopic (exact) mass is 519 g/mol. The van der Waals surface area contributed by atoms with Crippen molar-refractivity contribution in [2.45, 2.75) is 60.3 Å². The normalized spacial score (nSPS) is 15.2. The van der Waals surface area contributed by atoms with E-state index in [1.807, 2.05) is 57.7 Å². The van der Waals surface area contributed by atoms with E-state index in [2.05, 4.69) is 25.6 Å². The zero-order valence-electron chi connectivity index (χ0n) is 23.5. The summed E-state index contributed by atoms with van der Waals surface area (Å²) in [6.07, 6.45) is 11.3. The summed E-state index contributed by atoms with van der Waals surface area (Å²) in [5.41, 5.74) is 13.1. The highest BCUT2D eigenvalue weighted by molar-refractivity contribution is 6.04. The van der Waals surface area contributed by atoms with Crippen LogP contribution in [0.3, 0.4) is 0 Å². The Kier molecular flexibility index (Phi) is 10.0. The minimum Gasteiger partial charge on any atom is -0.394 e. The molecule has 3 heterocycles. The van der Waals surface area contributed by atoms with Crippen molar-refractivity contribution in [2.24, 2.45) is 12.8 Å². The molecule has 1 aliphatic rings. The van der Waals surface area contributed by atoms with Gasteiger partial charge in [0.1, 0.15) is 5.70 Å². The number of allylic oxidation sites excluding steroid dienone is 5. The number of hydrogen-bond acceptors (Lipinski definition) is 6. The molecule has 0 bridgehead atoms. The van der Waals surface area contributed by atoms with Crippen molar-refractivity contribution in [3.8, 4) is 0 Å². The molecule has 1 fully saturated rings. The molecule has 4 N–H and O–H groups in total. The van der Waals surface area contributed by atoms with Gasteiger partial charge in [-0.05, 0) is 77.3 Å². The average molecular weight is 520 g/mol. The summed E-state index contributed by atoms with van der Waals surface area (Å²) in [6.45, 7) is 12.1. The highest BCUT2D eigenvalue weighted by Crippen LogP contribution is 2.25. The summed E-state index contributed by atoms with van der Waals surface area (Å²) in [7, 11) is 1.93.